The number of pyridine rings is 1. The van der Waals surface area contributed by atoms with E-state index in [9.17, 15) is 4.79 Å². The van der Waals surface area contributed by atoms with Crippen LogP contribution in [0.1, 0.15) is 49.5 Å². The molecule has 1 heterocycles. The summed E-state index contributed by atoms with van der Waals surface area (Å²) in [4.78, 5) is 19.0. The summed E-state index contributed by atoms with van der Waals surface area (Å²) >= 11 is 6.15. The van der Waals surface area contributed by atoms with E-state index in [-0.39, 0.29) is 5.91 Å². The molecule has 1 aromatic heterocycles. The van der Waals surface area contributed by atoms with Crippen molar-refractivity contribution in [2.24, 2.45) is 0 Å². The van der Waals surface area contributed by atoms with E-state index in [0.29, 0.717) is 29.1 Å². The SMILES string of the molecule is CCN(C(=O)c1nc(NC)ccc1Cl)C1CCCCC1. The van der Waals surface area contributed by atoms with Gasteiger partial charge in [-0.3, -0.25) is 4.79 Å². The Morgan fingerprint density at radius 3 is 2.70 bits per heavy atom. The number of carbonyl (C=O) groups is 1. The zero-order chi connectivity index (χ0) is 14.5. The minimum Gasteiger partial charge on any atom is -0.373 e. The van der Waals surface area contributed by atoms with E-state index in [4.69, 9.17) is 11.6 Å². The summed E-state index contributed by atoms with van der Waals surface area (Å²) in [6.07, 6.45) is 5.85. The summed E-state index contributed by atoms with van der Waals surface area (Å²) < 4.78 is 0. The number of hydrogen-bond donors (Lipinski definition) is 1. The zero-order valence-electron chi connectivity index (χ0n) is 12.2. The van der Waals surface area contributed by atoms with Crippen molar-refractivity contribution >= 4 is 23.3 Å². The van der Waals surface area contributed by atoms with Gasteiger partial charge in [0.2, 0.25) is 0 Å². The van der Waals surface area contributed by atoms with Crippen molar-refractivity contribution in [3.8, 4) is 0 Å². The third-order valence-corrected chi connectivity index (χ3v) is 4.23. The highest BCUT2D eigenvalue weighted by Crippen LogP contribution is 2.25. The molecule has 110 valence electrons. The van der Waals surface area contributed by atoms with Gasteiger partial charge in [0.1, 0.15) is 11.5 Å². The molecule has 1 aromatic rings. The van der Waals surface area contributed by atoms with E-state index >= 15 is 0 Å². The third kappa shape index (κ3) is 3.23. The molecule has 0 spiro atoms. The maximum absolute atomic E-state index is 12.7. The van der Waals surface area contributed by atoms with Crippen LogP contribution in [-0.2, 0) is 0 Å². The predicted octanol–water partition coefficient (Wildman–Crippen LogP) is 3.57. The summed E-state index contributed by atoms with van der Waals surface area (Å²) in [5.41, 5.74) is 0.353. The van der Waals surface area contributed by atoms with Crippen molar-refractivity contribution in [1.82, 2.24) is 9.88 Å². The van der Waals surface area contributed by atoms with Gasteiger partial charge in [-0.15, -0.1) is 0 Å². The lowest BCUT2D eigenvalue weighted by Crippen LogP contribution is -2.41. The van der Waals surface area contributed by atoms with Crippen LogP contribution < -0.4 is 5.32 Å². The molecule has 5 heteroatoms. The highest BCUT2D eigenvalue weighted by molar-refractivity contribution is 6.33. The van der Waals surface area contributed by atoms with Crippen LogP contribution in [0.5, 0.6) is 0 Å². The highest BCUT2D eigenvalue weighted by atomic mass is 35.5. The number of aromatic nitrogens is 1. The molecule has 0 atom stereocenters. The first-order chi connectivity index (χ1) is 9.67. The average molecular weight is 296 g/mol. The maximum Gasteiger partial charge on any atom is 0.274 e. The monoisotopic (exact) mass is 295 g/mol. The van der Waals surface area contributed by atoms with Gasteiger partial charge in [0.25, 0.3) is 5.91 Å². The molecule has 1 aliphatic rings. The van der Waals surface area contributed by atoms with Gasteiger partial charge in [0, 0.05) is 19.6 Å². The Morgan fingerprint density at radius 1 is 1.40 bits per heavy atom. The predicted molar refractivity (Wildman–Crippen MR) is 82.4 cm³/mol. The molecule has 1 saturated carbocycles. The van der Waals surface area contributed by atoms with Crippen LogP contribution in [0.15, 0.2) is 12.1 Å². The molecule has 0 bridgehead atoms. The van der Waals surface area contributed by atoms with Gasteiger partial charge in [0.05, 0.1) is 5.02 Å². The Morgan fingerprint density at radius 2 is 2.10 bits per heavy atom. The first-order valence-corrected chi connectivity index (χ1v) is 7.70. The summed E-state index contributed by atoms with van der Waals surface area (Å²) in [5.74, 6) is 0.610. The molecule has 0 radical (unpaired) electrons. The number of carbonyl (C=O) groups excluding carboxylic acids is 1. The smallest absolute Gasteiger partial charge is 0.274 e. The number of nitrogens with one attached hydrogen (secondary N) is 1. The van der Waals surface area contributed by atoms with Crippen LogP contribution in [0.25, 0.3) is 0 Å². The fourth-order valence-electron chi connectivity index (χ4n) is 2.83. The van der Waals surface area contributed by atoms with Crippen molar-refractivity contribution in [3.05, 3.63) is 22.8 Å². The minimum absolute atomic E-state index is 0.0542. The second-order valence-corrected chi connectivity index (χ2v) is 5.57. The van der Waals surface area contributed by atoms with Crippen molar-refractivity contribution in [3.63, 3.8) is 0 Å². The van der Waals surface area contributed by atoms with Crippen LogP contribution in [0, 0.1) is 0 Å². The molecule has 0 unspecified atom stereocenters. The van der Waals surface area contributed by atoms with E-state index in [1.54, 1.807) is 19.2 Å². The number of nitrogens with zero attached hydrogens (tertiary/aromatic N) is 2. The molecule has 20 heavy (non-hydrogen) atoms. The molecule has 1 N–H and O–H groups in total. The van der Waals surface area contributed by atoms with Crippen LogP contribution in [0.3, 0.4) is 0 Å². The topological polar surface area (TPSA) is 45.2 Å². The molecular formula is C15H22ClN3O. The number of hydrogen-bond acceptors (Lipinski definition) is 3. The normalized spacial score (nSPS) is 15.9. The summed E-state index contributed by atoms with van der Waals surface area (Å²) in [5, 5.41) is 3.37. The quantitative estimate of drug-likeness (QED) is 0.923. The third-order valence-electron chi connectivity index (χ3n) is 3.92. The summed E-state index contributed by atoms with van der Waals surface area (Å²) in [6, 6.07) is 3.83. The van der Waals surface area contributed by atoms with E-state index in [2.05, 4.69) is 10.3 Å². The van der Waals surface area contributed by atoms with Gasteiger partial charge in [0.15, 0.2) is 0 Å². The minimum atomic E-state index is -0.0542. The summed E-state index contributed by atoms with van der Waals surface area (Å²) in [7, 11) is 1.78. The molecule has 4 nitrogen and oxygen atoms in total. The number of amides is 1. The standard InChI is InChI=1S/C15H22ClN3O/c1-3-19(11-7-5-4-6-8-11)15(20)14-12(16)9-10-13(17-2)18-14/h9-11H,3-8H2,1-2H3,(H,17,18). The van der Waals surface area contributed by atoms with E-state index in [1.807, 2.05) is 11.8 Å². The Hall–Kier alpha value is -1.29. The van der Waals surface area contributed by atoms with Gasteiger partial charge in [-0.25, -0.2) is 4.98 Å². The first-order valence-electron chi connectivity index (χ1n) is 7.32. The average Bonchev–Trinajstić information content (AvgIpc) is 2.49. The molecule has 0 saturated heterocycles. The van der Waals surface area contributed by atoms with E-state index < -0.39 is 0 Å². The molecule has 1 fully saturated rings. The molecular weight excluding hydrogens is 274 g/mol. The van der Waals surface area contributed by atoms with Crippen LogP contribution in [0.2, 0.25) is 5.02 Å². The number of anilines is 1. The second-order valence-electron chi connectivity index (χ2n) is 5.16. The van der Waals surface area contributed by atoms with Gasteiger partial charge in [-0.05, 0) is 31.9 Å². The fourth-order valence-corrected chi connectivity index (χ4v) is 3.01. The second kappa shape index (κ2) is 6.93. The van der Waals surface area contributed by atoms with Gasteiger partial charge in [-0.2, -0.15) is 0 Å². The lowest BCUT2D eigenvalue weighted by molar-refractivity contribution is 0.0642. The zero-order valence-corrected chi connectivity index (χ0v) is 12.9. The van der Waals surface area contributed by atoms with Gasteiger partial charge in [-0.1, -0.05) is 30.9 Å². The van der Waals surface area contributed by atoms with Gasteiger partial charge >= 0.3 is 0 Å². The van der Waals surface area contributed by atoms with Crippen LogP contribution in [-0.4, -0.2) is 35.4 Å². The van der Waals surface area contributed by atoms with Crippen molar-refractivity contribution in [2.45, 2.75) is 45.1 Å². The number of halogens is 1. The Labute approximate surface area is 125 Å². The molecule has 1 aliphatic carbocycles. The Kier molecular flexibility index (Phi) is 5.24. The Balaban J connectivity index is 2.23. The fraction of sp³-hybridized carbons (Fsp3) is 0.600. The largest absolute Gasteiger partial charge is 0.373 e. The molecule has 0 aliphatic heterocycles. The van der Waals surface area contributed by atoms with Crippen molar-refractivity contribution < 1.29 is 4.79 Å². The maximum atomic E-state index is 12.7. The lowest BCUT2D eigenvalue weighted by Gasteiger charge is -2.33. The molecule has 2 rings (SSSR count). The van der Waals surface area contributed by atoms with Crippen molar-refractivity contribution in [2.75, 3.05) is 18.9 Å². The molecule has 0 aromatic carbocycles. The Bertz CT molecular complexity index is 472. The first kappa shape index (κ1) is 15.1. The molecule has 1 amide bonds. The van der Waals surface area contributed by atoms with E-state index in [1.165, 1.54) is 19.3 Å². The highest BCUT2D eigenvalue weighted by Gasteiger charge is 2.27. The number of rotatable bonds is 4. The van der Waals surface area contributed by atoms with Gasteiger partial charge < -0.3 is 10.2 Å². The summed E-state index contributed by atoms with van der Waals surface area (Å²) in [6.45, 7) is 2.72. The van der Waals surface area contributed by atoms with E-state index in [0.717, 1.165) is 12.8 Å². The lowest BCUT2D eigenvalue weighted by atomic mass is 9.94. The van der Waals surface area contributed by atoms with Crippen LogP contribution >= 0.6 is 11.6 Å². The van der Waals surface area contributed by atoms with Crippen molar-refractivity contribution in [1.29, 1.82) is 0 Å². The van der Waals surface area contributed by atoms with Crippen LogP contribution in [0.4, 0.5) is 5.82 Å².